The van der Waals surface area contributed by atoms with Crippen LogP contribution in [0.15, 0.2) is 18.2 Å². The van der Waals surface area contributed by atoms with Crippen LogP contribution in [0.1, 0.15) is 52.9 Å². The lowest BCUT2D eigenvalue weighted by molar-refractivity contribution is -0.157. The molecule has 0 bridgehead atoms. The number of hydrogen-bond acceptors (Lipinski definition) is 6. The third kappa shape index (κ3) is 6.21. The molecule has 0 fully saturated rings. The van der Waals surface area contributed by atoms with Gasteiger partial charge in [0.25, 0.3) is 0 Å². The minimum atomic E-state index is -0.930. The summed E-state index contributed by atoms with van der Waals surface area (Å²) in [5.41, 5.74) is 0.828. The van der Waals surface area contributed by atoms with Gasteiger partial charge < -0.3 is 19.4 Å². The van der Waals surface area contributed by atoms with Crippen LogP contribution in [0.25, 0.3) is 11.0 Å². The minimum Gasteiger partial charge on any atom is -0.458 e. The molecule has 1 aromatic heterocycles. The molecule has 1 N–H and O–H groups in total. The smallest absolute Gasteiger partial charge is 0.408 e. The zero-order chi connectivity index (χ0) is 22.0. The molecule has 0 aliphatic carbocycles. The fourth-order valence-corrected chi connectivity index (χ4v) is 2.72. The topological polar surface area (TPSA) is 106 Å². The Kier molecular flexibility index (Phi) is 6.21. The third-order valence-electron chi connectivity index (χ3n) is 3.87. The van der Waals surface area contributed by atoms with Crippen molar-refractivity contribution < 1.29 is 19.1 Å². The van der Waals surface area contributed by atoms with Crippen LogP contribution in [0.2, 0.25) is 0 Å². The van der Waals surface area contributed by atoms with Crippen molar-refractivity contribution in [1.82, 2.24) is 14.9 Å². The molecule has 8 nitrogen and oxygen atoms in total. The van der Waals surface area contributed by atoms with E-state index in [2.05, 4.69) is 10.3 Å². The van der Waals surface area contributed by atoms with Crippen LogP contribution < -0.4 is 5.32 Å². The maximum atomic E-state index is 12.7. The highest BCUT2D eigenvalue weighted by Crippen LogP contribution is 2.19. The lowest BCUT2D eigenvalue weighted by atomic mass is 10.0. The number of nitrogens with one attached hydrogen (secondary N) is 1. The van der Waals surface area contributed by atoms with E-state index >= 15 is 0 Å². The van der Waals surface area contributed by atoms with Crippen LogP contribution in [-0.4, -0.2) is 38.9 Å². The Morgan fingerprint density at radius 3 is 2.34 bits per heavy atom. The van der Waals surface area contributed by atoms with E-state index < -0.39 is 29.3 Å². The molecule has 0 unspecified atom stereocenters. The molecule has 1 heterocycles. The summed E-state index contributed by atoms with van der Waals surface area (Å²) in [6.45, 7) is 10.5. The SMILES string of the molecule is Cn1c(C#N)nc2cc(C[C@H](NC(=O)OC(C)(C)C)C(=O)OC(C)(C)C)ccc21. The first kappa shape index (κ1) is 22.2. The number of ether oxygens (including phenoxy) is 2. The molecule has 8 heteroatoms. The number of aromatic nitrogens is 2. The summed E-state index contributed by atoms with van der Waals surface area (Å²) in [4.78, 5) is 29.2. The third-order valence-corrected chi connectivity index (χ3v) is 3.87. The molecule has 0 aliphatic heterocycles. The van der Waals surface area contributed by atoms with Gasteiger partial charge in [-0.15, -0.1) is 0 Å². The number of fused-ring (bicyclic) bond motifs is 1. The number of carbonyl (C=O) groups excluding carboxylic acids is 2. The van der Waals surface area contributed by atoms with Crippen LogP contribution >= 0.6 is 0 Å². The quantitative estimate of drug-likeness (QED) is 0.790. The zero-order valence-corrected chi connectivity index (χ0v) is 18.0. The van der Waals surface area contributed by atoms with Crippen LogP contribution in [-0.2, 0) is 27.7 Å². The van der Waals surface area contributed by atoms with Crippen molar-refractivity contribution in [2.45, 2.75) is 65.2 Å². The van der Waals surface area contributed by atoms with E-state index in [1.165, 1.54) is 0 Å². The Morgan fingerprint density at radius 2 is 1.79 bits per heavy atom. The Labute approximate surface area is 170 Å². The average Bonchev–Trinajstić information content (AvgIpc) is 2.86. The van der Waals surface area contributed by atoms with Crippen molar-refractivity contribution in [1.29, 1.82) is 5.26 Å². The normalized spacial score (nSPS) is 12.9. The molecule has 0 radical (unpaired) electrons. The molecule has 1 amide bonds. The predicted molar refractivity (Wildman–Crippen MR) is 108 cm³/mol. The highest BCUT2D eigenvalue weighted by molar-refractivity contribution is 5.83. The number of alkyl carbamates (subject to hydrolysis) is 1. The van der Waals surface area contributed by atoms with Gasteiger partial charge in [-0.1, -0.05) is 6.07 Å². The first-order valence-corrected chi connectivity index (χ1v) is 9.37. The number of esters is 1. The molecule has 29 heavy (non-hydrogen) atoms. The summed E-state index contributed by atoms with van der Waals surface area (Å²) in [5.74, 6) is -0.255. The van der Waals surface area contributed by atoms with Crippen molar-refractivity contribution in [2.24, 2.45) is 7.05 Å². The van der Waals surface area contributed by atoms with Crippen molar-refractivity contribution in [2.75, 3.05) is 0 Å². The Morgan fingerprint density at radius 1 is 1.17 bits per heavy atom. The van der Waals surface area contributed by atoms with Gasteiger partial charge in [-0.2, -0.15) is 5.26 Å². The lowest BCUT2D eigenvalue weighted by Crippen LogP contribution is -2.47. The van der Waals surface area contributed by atoms with Crippen molar-refractivity contribution in [3.05, 3.63) is 29.6 Å². The van der Waals surface area contributed by atoms with Gasteiger partial charge >= 0.3 is 12.1 Å². The predicted octanol–water partition coefficient (Wildman–Crippen LogP) is 3.22. The molecule has 1 atom stereocenters. The van der Waals surface area contributed by atoms with E-state index in [-0.39, 0.29) is 6.42 Å². The van der Waals surface area contributed by atoms with E-state index in [9.17, 15) is 9.59 Å². The van der Waals surface area contributed by atoms with Crippen molar-refractivity contribution in [3.8, 4) is 6.07 Å². The maximum absolute atomic E-state index is 12.7. The van der Waals surface area contributed by atoms with Gasteiger partial charge in [0.1, 0.15) is 23.3 Å². The van der Waals surface area contributed by atoms with Gasteiger partial charge in [0.2, 0.25) is 5.82 Å². The van der Waals surface area contributed by atoms with Crippen LogP contribution in [0.3, 0.4) is 0 Å². The van der Waals surface area contributed by atoms with E-state index in [1.54, 1.807) is 59.2 Å². The van der Waals surface area contributed by atoms with Crippen molar-refractivity contribution in [3.63, 3.8) is 0 Å². The number of rotatable bonds is 4. The van der Waals surface area contributed by atoms with E-state index in [0.29, 0.717) is 11.3 Å². The first-order valence-electron chi connectivity index (χ1n) is 9.37. The van der Waals surface area contributed by atoms with Gasteiger partial charge in [0.05, 0.1) is 11.0 Å². The second kappa shape index (κ2) is 8.11. The monoisotopic (exact) mass is 400 g/mol. The summed E-state index contributed by atoms with van der Waals surface area (Å²) in [7, 11) is 1.77. The molecular weight excluding hydrogens is 372 g/mol. The molecule has 0 spiro atoms. The van der Waals surface area contributed by atoms with Crippen LogP contribution in [0, 0.1) is 11.3 Å². The fourth-order valence-electron chi connectivity index (χ4n) is 2.72. The Balaban J connectivity index is 2.28. The van der Waals surface area contributed by atoms with E-state index in [4.69, 9.17) is 14.7 Å². The first-order chi connectivity index (χ1) is 13.3. The number of imidazole rings is 1. The molecule has 0 aliphatic rings. The Bertz CT molecular complexity index is 958. The molecule has 0 saturated carbocycles. The zero-order valence-electron chi connectivity index (χ0n) is 18.0. The molecule has 2 rings (SSSR count). The summed E-state index contributed by atoms with van der Waals surface area (Å²) in [6.07, 6.45) is -0.498. The average molecular weight is 400 g/mol. The van der Waals surface area contributed by atoms with Crippen LogP contribution in [0.4, 0.5) is 4.79 Å². The van der Waals surface area contributed by atoms with Gasteiger partial charge in [0.15, 0.2) is 0 Å². The molecule has 1 aromatic carbocycles. The van der Waals surface area contributed by atoms with E-state index in [1.807, 2.05) is 18.2 Å². The van der Waals surface area contributed by atoms with Gasteiger partial charge in [-0.3, -0.25) is 0 Å². The number of nitriles is 1. The van der Waals surface area contributed by atoms with Gasteiger partial charge in [-0.05, 0) is 59.2 Å². The lowest BCUT2D eigenvalue weighted by Gasteiger charge is -2.26. The fraction of sp³-hybridized carbons (Fsp3) is 0.524. The second-order valence-corrected chi connectivity index (χ2v) is 8.87. The molecule has 0 saturated heterocycles. The summed E-state index contributed by atoms with van der Waals surface area (Å²) >= 11 is 0. The Hall–Kier alpha value is -3.08. The van der Waals surface area contributed by atoms with Gasteiger partial charge in [-0.25, -0.2) is 14.6 Å². The standard InChI is InChI=1S/C21H28N4O4/c1-20(2,3)28-18(26)15(24-19(27)29-21(4,5)6)11-13-8-9-16-14(10-13)23-17(12-22)25(16)7/h8-10,15H,11H2,1-7H3,(H,24,27)/t15-/m0/s1. The summed E-state index contributed by atoms with van der Waals surface area (Å²) < 4.78 is 12.4. The highest BCUT2D eigenvalue weighted by Gasteiger charge is 2.29. The molecular formula is C21H28N4O4. The number of nitrogens with zero attached hydrogens (tertiary/aromatic N) is 3. The molecule has 156 valence electrons. The number of carbonyl (C=O) groups is 2. The second-order valence-electron chi connectivity index (χ2n) is 8.87. The van der Waals surface area contributed by atoms with E-state index in [0.717, 1.165) is 11.1 Å². The maximum Gasteiger partial charge on any atom is 0.408 e. The highest BCUT2D eigenvalue weighted by atomic mass is 16.6. The summed E-state index contributed by atoms with van der Waals surface area (Å²) in [5, 5.41) is 11.8. The molecule has 2 aromatic rings. The number of benzene rings is 1. The number of hydrogen-bond donors (Lipinski definition) is 1. The van der Waals surface area contributed by atoms with Crippen LogP contribution in [0.5, 0.6) is 0 Å². The van der Waals surface area contributed by atoms with Crippen molar-refractivity contribution >= 4 is 23.1 Å². The number of amides is 1. The summed E-state index contributed by atoms with van der Waals surface area (Å²) in [6, 6.07) is 6.57. The number of aryl methyl sites for hydroxylation is 1. The minimum absolute atomic E-state index is 0.197. The largest absolute Gasteiger partial charge is 0.458 e. The van der Waals surface area contributed by atoms with Gasteiger partial charge in [0, 0.05) is 13.5 Å².